The fourth-order valence-corrected chi connectivity index (χ4v) is 7.54. The molecular formula is C30H34N2O4S. The number of sulfonamides is 1. The lowest BCUT2D eigenvalue weighted by Gasteiger charge is -2.34. The monoisotopic (exact) mass is 518 g/mol. The van der Waals surface area contributed by atoms with E-state index in [1.165, 1.54) is 9.21 Å². The van der Waals surface area contributed by atoms with Crippen LogP contribution in [0.1, 0.15) is 70.3 Å². The van der Waals surface area contributed by atoms with E-state index in [0.29, 0.717) is 24.4 Å². The first kappa shape index (κ1) is 25.6. The zero-order valence-electron chi connectivity index (χ0n) is 21.5. The summed E-state index contributed by atoms with van der Waals surface area (Å²) in [7, 11) is -4.04. The number of carbonyl (C=O) groups is 2. The molecule has 0 aromatic heterocycles. The van der Waals surface area contributed by atoms with Gasteiger partial charge in [0.25, 0.3) is 5.91 Å². The van der Waals surface area contributed by atoms with Gasteiger partial charge < -0.3 is 0 Å². The van der Waals surface area contributed by atoms with Gasteiger partial charge in [-0.25, -0.2) is 13.3 Å². The van der Waals surface area contributed by atoms with Gasteiger partial charge >= 0.3 is 0 Å². The molecule has 2 fully saturated rings. The molecule has 2 aliphatic rings. The number of hydrogen-bond donors (Lipinski definition) is 0. The van der Waals surface area contributed by atoms with Gasteiger partial charge in [0, 0.05) is 6.04 Å². The van der Waals surface area contributed by atoms with Crippen LogP contribution < -0.4 is 4.90 Å². The van der Waals surface area contributed by atoms with Crippen molar-refractivity contribution in [3.05, 3.63) is 72.3 Å². The van der Waals surface area contributed by atoms with Gasteiger partial charge in [0.1, 0.15) is 6.04 Å². The molecule has 0 N–H and O–H groups in total. The van der Waals surface area contributed by atoms with Gasteiger partial charge in [0.15, 0.2) is 0 Å². The van der Waals surface area contributed by atoms with Crippen LogP contribution in [0.15, 0.2) is 71.6 Å². The Bertz CT molecular complexity index is 1410. The number of benzene rings is 3. The normalized spacial score (nSPS) is 19.8. The van der Waals surface area contributed by atoms with Crippen molar-refractivity contribution in [3.63, 3.8) is 0 Å². The number of nitrogens with zero attached hydrogens (tertiary/aromatic N) is 2. The van der Waals surface area contributed by atoms with Crippen molar-refractivity contribution in [1.82, 2.24) is 4.31 Å². The highest BCUT2D eigenvalue weighted by Crippen LogP contribution is 2.35. The predicted molar refractivity (Wildman–Crippen MR) is 146 cm³/mol. The summed E-state index contributed by atoms with van der Waals surface area (Å²) in [6.45, 7) is 4.17. The van der Waals surface area contributed by atoms with Crippen LogP contribution >= 0.6 is 0 Å². The van der Waals surface area contributed by atoms with E-state index >= 15 is 0 Å². The minimum absolute atomic E-state index is 0.145. The number of fused-ring (bicyclic) bond motifs is 1. The van der Waals surface area contributed by atoms with Crippen molar-refractivity contribution in [1.29, 1.82) is 0 Å². The molecule has 1 atom stereocenters. The summed E-state index contributed by atoms with van der Waals surface area (Å²) in [5, 5.41) is 1.77. The van der Waals surface area contributed by atoms with E-state index in [2.05, 4.69) is 13.8 Å². The van der Waals surface area contributed by atoms with Crippen molar-refractivity contribution in [2.45, 2.75) is 81.7 Å². The van der Waals surface area contributed by atoms with E-state index in [1.54, 1.807) is 30.3 Å². The van der Waals surface area contributed by atoms with Crippen molar-refractivity contribution in [3.8, 4) is 0 Å². The molecule has 37 heavy (non-hydrogen) atoms. The molecule has 194 valence electrons. The summed E-state index contributed by atoms with van der Waals surface area (Å²) >= 11 is 0. The van der Waals surface area contributed by atoms with E-state index < -0.39 is 22.0 Å². The molecule has 5 rings (SSSR count). The van der Waals surface area contributed by atoms with Crippen molar-refractivity contribution >= 4 is 38.3 Å². The quantitative estimate of drug-likeness (QED) is 0.296. The number of amides is 2. The lowest BCUT2D eigenvalue weighted by Crippen LogP contribution is -2.50. The van der Waals surface area contributed by atoms with Crippen LogP contribution in [-0.4, -0.2) is 36.6 Å². The van der Waals surface area contributed by atoms with Crippen LogP contribution in [0.4, 0.5) is 5.69 Å². The number of carbonyl (C=O) groups excluding carboxylic acids is 2. The van der Waals surface area contributed by atoms with Gasteiger partial charge in [-0.2, -0.15) is 4.31 Å². The topological polar surface area (TPSA) is 74.8 Å². The molecule has 1 saturated heterocycles. The minimum atomic E-state index is -4.04. The SMILES string of the molecule is CC(C)c1ccc(N2C(=O)CC(N(C3CCCCCC3)S(=O)(=O)c3ccc4ccccc4c3)C2=O)cc1. The fraction of sp³-hybridized carbons (Fsp3) is 0.400. The Hall–Kier alpha value is -3.03. The first-order chi connectivity index (χ1) is 17.8. The number of anilines is 1. The van der Waals surface area contributed by atoms with Gasteiger partial charge in [-0.05, 0) is 59.4 Å². The van der Waals surface area contributed by atoms with Crippen LogP contribution in [0.5, 0.6) is 0 Å². The zero-order chi connectivity index (χ0) is 26.2. The molecule has 7 heteroatoms. The summed E-state index contributed by atoms with van der Waals surface area (Å²) < 4.78 is 29.9. The van der Waals surface area contributed by atoms with Crippen LogP contribution in [-0.2, 0) is 19.6 Å². The van der Waals surface area contributed by atoms with Crippen molar-refractivity contribution in [2.75, 3.05) is 4.90 Å². The fourth-order valence-electron chi connectivity index (χ4n) is 5.67. The first-order valence-electron chi connectivity index (χ1n) is 13.3. The lowest BCUT2D eigenvalue weighted by molar-refractivity contribution is -0.122. The van der Waals surface area contributed by atoms with Gasteiger partial charge in [-0.1, -0.05) is 82.0 Å². The van der Waals surface area contributed by atoms with Crippen molar-refractivity contribution < 1.29 is 18.0 Å². The van der Waals surface area contributed by atoms with Gasteiger partial charge in [0.05, 0.1) is 17.0 Å². The van der Waals surface area contributed by atoms with Crippen LogP contribution in [0.2, 0.25) is 0 Å². The summed E-state index contributed by atoms with van der Waals surface area (Å²) in [4.78, 5) is 28.3. The average molecular weight is 519 g/mol. The van der Waals surface area contributed by atoms with Gasteiger partial charge in [-0.3, -0.25) is 9.59 Å². The average Bonchev–Trinajstić information content (AvgIpc) is 3.04. The van der Waals surface area contributed by atoms with E-state index in [4.69, 9.17) is 0 Å². The summed E-state index contributed by atoms with van der Waals surface area (Å²) in [5.41, 5.74) is 1.60. The van der Waals surface area contributed by atoms with Crippen LogP contribution in [0, 0.1) is 0 Å². The Morgan fingerprint density at radius 1 is 0.838 bits per heavy atom. The number of imide groups is 1. The highest BCUT2D eigenvalue weighted by Gasteiger charge is 2.49. The second-order valence-corrected chi connectivity index (χ2v) is 12.4. The molecule has 3 aromatic rings. The van der Waals surface area contributed by atoms with E-state index in [0.717, 1.165) is 42.0 Å². The molecule has 1 heterocycles. The Morgan fingerprint density at radius 3 is 2.14 bits per heavy atom. The maximum atomic E-state index is 14.2. The molecule has 2 amide bonds. The second-order valence-electron chi connectivity index (χ2n) is 10.5. The molecule has 3 aromatic carbocycles. The summed E-state index contributed by atoms with van der Waals surface area (Å²) in [6.07, 6.45) is 5.14. The third kappa shape index (κ3) is 4.94. The molecule has 0 bridgehead atoms. The smallest absolute Gasteiger partial charge is 0.252 e. The number of hydrogen-bond acceptors (Lipinski definition) is 4. The molecule has 1 saturated carbocycles. The minimum Gasteiger partial charge on any atom is -0.274 e. The Morgan fingerprint density at radius 2 is 1.49 bits per heavy atom. The zero-order valence-corrected chi connectivity index (χ0v) is 22.3. The van der Waals surface area contributed by atoms with Crippen LogP contribution in [0.25, 0.3) is 10.8 Å². The van der Waals surface area contributed by atoms with E-state index in [1.807, 2.05) is 36.4 Å². The number of rotatable bonds is 6. The highest BCUT2D eigenvalue weighted by molar-refractivity contribution is 7.89. The summed E-state index contributed by atoms with van der Waals surface area (Å²) in [6, 6.07) is 18.8. The largest absolute Gasteiger partial charge is 0.274 e. The first-order valence-corrected chi connectivity index (χ1v) is 14.7. The molecule has 1 aliphatic carbocycles. The predicted octanol–water partition coefficient (Wildman–Crippen LogP) is 6.01. The van der Waals surface area contributed by atoms with E-state index in [-0.39, 0.29) is 23.3 Å². The van der Waals surface area contributed by atoms with Gasteiger partial charge in [-0.15, -0.1) is 0 Å². The highest BCUT2D eigenvalue weighted by atomic mass is 32.2. The molecule has 1 aliphatic heterocycles. The lowest BCUT2D eigenvalue weighted by atomic mass is 10.0. The Kier molecular flexibility index (Phi) is 7.19. The molecule has 0 radical (unpaired) electrons. The maximum absolute atomic E-state index is 14.2. The molecule has 1 unspecified atom stereocenters. The maximum Gasteiger partial charge on any atom is 0.252 e. The standard InChI is InChI=1S/C30H34N2O4S/c1-21(2)22-13-16-25(17-14-22)31-29(33)20-28(30(31)34)32(26-11-5-3-4-6-12-26)37(35,36)27-18-15-23-9-7-8-10-24(23)19-27/h7-10,13-19,21,26,28H,3-6,11-12,20H2,1-2H3. The van der Waals surface area contributed by atoms with Crippen LogP contribution in [0.3, 0.4) is 0 Å². The Labute approximate surface area is 219 Å². The third-order valence-corrected chi connectivity index (χ3v) is 9.69. The Balaban J connectivity index is 1.54. The second kappa shape index (κ2) is 10.4. The summed E-state index contributed by atoms with van der Waals surface area (Å²) in [5.74, 6) is -0.500. The van der Waals surface area contributed by atoms with E-state index in [9.17, 15) is 18.0 Å². The van der Waals surface area contributed by atoms with Crippen molar-refractivity contribution in [2.24, 2.45) is 0 Å². The van der Waals surface area contributed by atoms with Gasteiger partial charge in [0.2, 0.25) is 15.9 Å². The molecular weight excluding hydrogens is 484 g/mol. The third-order valence-electron chi connectivity index (χ3n) is 7.73. The molecule has 6 nitrogen and oxygen atoms in total. The molecule has 0 spiro atoms.